The Morgan fingerprint density at radius 1 is 1.00 bits per heavy atom. The van der Waals surface area contributed by atoms with E-state index in [9.17, 15) is 18.0 Å². The summed E-state index contributed by atoms with van der Waals surface area (Å²) in [6, 6.07) is 10.9. The average molecular weight is 455 g/mol. The van der Waals surface area contributed by atoms with Gasteiger partial charge in [0, 0.05) is 29.4 Å². The molecule has 0 saturated carbocycles. The maximum absolute atomic E-state index is 13.0. The Balaban J connectivity index is 1.63. The lowest BCUT2D eigenvalue weighted by Gasteiger charge is -2.13. The van der Waals surface area contributed by atoms with Gasteiger partial charge in [-0.2, -0.15) is 23.0 Å². The molecule has 0 aliphatic heterocycles. The summed E-state index contributed by atoms with van der Waals surface area (Å²) in [5, 5.41) is 7.25. The van der Waals surface area contributed by atoms with Crippen LogP contribution in [-0.2, 0) is 11.6 Å². The third-order valence-corrected chi connectivity index (χ3v) is 4.77. The van der Waals surface area contributed by atoms with Crippen molar-refractivity contribution in [3.05, 3.63) is 77.9 Å². The number of amides is 1. The van der Waals surface area contributed by atoms with Crippen molar-refractivity contribution in [3.63, 3.8) is 0 Å². The quantitative estimate of drug-likeness (QED) is 0.440. The fourth-order valence-corrected chi connectivity index (χ4v) is 3.03. The fourth-order valence-electron chi connectivity index (χ4n) is 3.03. The van der Waals surface area contributed by atoms with Gasteiger partial charge in [0.15, 0.2) is 5.76 Å². The van der Waals surface area contributed by atoms with Gasteiger partial charge in [-0.25, -0.2) is 9.97 Å². The van der Waals surface area contributed by atoms with Crippen LogP contribution in [-0.4, -0.2) is 25.7 Å². The normalized spacial score (nSPS) is 12.1. The molecular formula is C23H20F3N5O2. The van der Waals surface area contributed by atoms with Gasteiger partial charge in [-0.15, -0.1) is 0 Å². The van der Waals surface area contributed by atoms with Crippen LogP contribution in [0.3, 0.4) is 0 Å². The summed E-state index contributed by atoms with van der Waals surface area (Å²) in [6.07, 6.45) is -1.37. The number of carbonyl (C=O) groups is 1. The second kappa shape index (κ2) is 8.19. The van der Waals surface area contributed by atoms with Crippen LogP contribution < -0.4 is 5.32 Å². The highest BCUT2D eigenvalue weighted by molar-refractivity contribution is 6.02. The van der Waals surface area contributed by atoms with E-state index in [0.29, 0.717) is 11.5 Å². The largest absolute Gasteiger partial charge is 0.451 e. The zero-order chi connectivity index (χ0) is 23.8. The van der Waals surface area contributed by atoms with Gasteiger partial charge in [0.2, 0.25) is 0 Å². The van der Waals surface area contributed by atoms with Crippen molar-refractivity contribution >= 4 is 11.7 Å². The number of furan rings is 1. The molecule has 0 aliphatic rings. The molecule has 1 aromatic carbocycles. The highest BCUT2D eigenvalue weighted by Gasteiger charge is 2.31. The first-order valence-corrected chi connectivity index (χ1v) is 9.99. The number of anilines is 1. The monoisotopic (exact) mass is 455 g/mol. The minimum absolute atomic E-state index is 0.0681. The second-order valence-corrected chi connectivity index (χ2v) is 8.32. The fraction of sp³-hybridized carbons (Fsp3) is 0.217. The molecule has 7 nitrogen and oxygen atoms in total. The number of nitrogens with one attached hydrogen (secondary N) is 1. The summed E-state index contributed by atoms with van der Waals surface area (Å²) in [4.78, 5) is 21.2. The van der Waals surface area contributed by atoms with Crippen LogP contribution in [0.2, 0.25) is 0 Å². The number of alkyl halides is 3. The maximum atomic E-state index is 13.0. The molecule has 10 heteroatoms. The number of rotatable bonds is 4. The molecule has 4 rings (SSSR count). The van der Waals surface area contributed by atoms with Crippen molar-refractivity contribution in [2.24, 2.45) is 0 Å². The van der Waals surface area contributed by atoms with Gasteiger partial charge in [0.05, 0.1) is 11.3 Å². The molecule has 1 amide bonds. The van der Waals surface area contributed by atoms with Crippen molar-refractivity contribution in [2.75, 3.05) is 5.32 Å². The molecule has 0 atom stereocenters. The molecule has 170 valence electrons. The van der Waals surface area contributed by atoms with Crippen LogP contribution in [0.4, 0.5) is 19.0 Å². The number of hydrogen-bond acceptors (Lipinski definition) is 5. The Morgan fingerprint density at radius 2 is 1.73 bits per heavy atom. The van der Waals surface area contributed by atoms with Gasteiger partial charge in [0.1, 0.15) is 11.6 Å². The number of aromatic nitrogens is 4. The summed E-state index contributed by atoms with van der Waals surface area (Å²) in [7, 11) is 0. The average Bonchev–Trinajstić information content (AvgIpc) is 3.41. The predicted molar refractivity (Wildman–Crippen MR) is 115 cm³/mol. The number of benzene rings is 1. The standard InChI is InChI=1S/C23H20F3N5O2/c1-22(2,3)18-13-19(31(30-18)21-27-10-5-11-28-21)29-20(32)17-9-8-16(33-17)14-6-4-7-15(12-14)23(24,25)26/h4-13H,1-3H3,(H,29,32). The molecule has 33 heavy (non-hydrogen) atoms. The summed E-state index contributed by atoms with van der Waals surface area (Å²) in [5.41, 5.74) is -0.194. The number of halogens is 3. The topological polar surface area (TPSA) is 85.8 Å². The highest BCUT2D eigenvalue weighted by Crippen LogP contribution is 2.33. The third kappa shape index (κ3) is 4.79. The third-order valence-electron chi connectivity index (χ3n) is 4.77. The molecular weight excluding hydrogens is 435 g/mol. The first-order chi connectivity index (χ1) is 15.5. The number of carbonyl (C=O) groups excluding carboxylic acids is 1. The Labute approximate surface area is 187 Å². The van der Waals surface area contributed by atoms with E-state index in [2.05, 4.69) is 20.4 Å². The van der Waals surface area contributed by atoms with Crippen LogP contribution in [0.5, 0.6) is 0 Å². The van der Waals surface area contributed by atoms with Gasteiger partial charge in [0.25, 0.3) is 11.9 Å². The van der Waals surface area contributed by atoms with Gasteiger partial charge < -0.3 is 9.73 Å². The van der Waals surface area contributed by atoms with Gasteiger partial charge in [-0.1, -0.05) is 32.9 Å². The minimum atomic E-state index is -4.48. The first kappa shape index (κ1) is 22.3. The van der Waals surface area contributed by atoms with Gasteiger partial charge >= 0.3 is 6.18 Å². The maximum Gasteiger partial charge on any atom is 0.416 e. The Kier molecular flexibility index (Phi) is 5.52. The lowest BCUT2D eigenvalue weighted by atomic mass is 9.92. The number of hydrogen-bond donors (Lipinski definition) is 1. The first-order valence-electron chi connectivity index (χ1n) is 9.99. The van der Waals surface area contributed by atoms with Crippen LogP contribution >= 0.6 is 0 Å². The van der Waals surface area contributed by atoms with Crippen molar-refractivity contribution in [1.29, 1.82) is 0 Å². The molecule has 3 heterocycles. The Bertz CT molecular complexity index is 1290. The molecule has 0 saturated heterocycles. The molecule has 0 spiro atoms. The zero-order valence-corrected chi connectivity index (χ0v) is 18.0. The molecule has 0 bridgehead atoms. The lowest BCUT2D eigenvalue weighted by Crippen LogP contribution is -2.15. The van der Waals surface area contributed by atoms with Crippen molar-refractivity contribution in [3.8, 4) is 17.3 Å². The van der Waals surface area contributed by atoms with Crippen molar-refractivity contribution in [1.82, 2.24) is 19.7 Å². The van der Waals surface area contributed by atoms with E-state index in [1.807, 2.05) is 20.8 Å². The van der Waals surface area contributed by atoms with E-state index in [-0.39, 0.29) is 28.4 Å². The van der Waals surface area contributed by atoms with Crippen LogP contribution in [0.15, 0.2) is 65.3 Å². The van der Waals surface area contributed by atoms with Crippen molar-refractivity contribution in [2.45, 2.75) is 32.4 Å². The summed E-state index contributed by atoms with van der Waals surface area (Å²) in [6.45, 7) is 5.93. The molecule has 1 N–H and O–H groups in total. The van der Waals surface area contributed by atoms with Crippen LogP contribution in [0.1, 0.15) is 42.6 Å². The van der Waals surface area contributed by atoms with E-state index in [1.54, 1.807) is 24.5 Å². The Morgan fingerprint density at radius 3 is 2.39 bits per heavy atom. The Hall–Kier alpha value is -3.95. The van der Waals surface area contributed by atoms with E-state index in [4.69, 9.17) is 4.42 Å². The van der Waals surface area contributed by atoms with Crippen molar-refractivity contribution < 1.29 is 22.4 Å². The predicted octanol–water partition coefficient (Wildman–Crippen LogP) is 5.49. The SMILES string of the molecule is CC(C)(C)c1cc(NC(=O)c2ccc(-c3cccc(C(F)(F)F)c3)o2)n(-c2ncccn2)n1. The van der Waals surface area contributed by atoms with Gasteiger partial charge in [-0.05, 0) is 30.3 Å². The minimum Gasteiger partial charge on any atom is -0.451 e. The lowest BCUT2D eigenvalue weighted by molar-refractivity contribution is -0.137. The zero-order valence-electron chi connectivity index (χ0n) is 18.0. The molecule has 0 unspecified atom stereocenters. The molecule has 4 aromatic rings. The number of nitrogens with zero attached hydrogens (tertiary/aromatic N) is 4. The smallest absolute Gasteiger partial charge is 0.416 e. The van der Waals surface area contributed by atoms with E-state index in [0.717, 1.165) is 12.1 Å². The summed E-state index contributed by atoms with van der Waals surface area (Å²) in [5.74, 6) is 0.0780. The van der Waals surface area contributed by atoms with Crippen LogP contribution in [0.25, 0.3) is 17.3 Å². The molecule has 3 aromatic heterocycles. The summed E-state index contributed by atoms with van der Waals surface area (Å²) < 4.78 is 46.0. The van der Waals surface area contributed by atoms with Gasteiger partial charge in [-0.3, -0.25) is 4.79 Å². The molecule has 0 aliphatic carbocycles. The molecule has 0 radical (unpaired) electrons. The van der Waals surface area contributed by atoms with E-state index in [1.165, 1.54) is 28.9 Å². The summed E-state index contributed by atoms with van der Waals surface area (Å²) >= 11 is 0. The van der Waals surface area contributed by atoms with E-state index >= 15 is 0 Å². The second-order valence-electron chi connectivity index (χ2n) is 8.32. The molecule has 0 fully saturated rings. The van der Waals surface area contributed by atoms with Crippen LogP contribution in [0, 0.1) is 0 Å². The van der Waals surface area contributed by atoms with E-state index < -0.39 is 17.6 Å². The highest BCUT2D eigenvalue weighted by atomic mass is 19.4.